The number of aromatic nitrogens is 1. The molecule has 0 saturated carbocycles. The first-order chi connectivity index (χ1) is 12.2. The van der Waals surface area contributed by atoms with E-state index in [2.05, 4.69) is 15.5 Å². The van der Waals surface area contributed by atoms with Crippen molar-refractivity contribution >= 4 is 33.2 Å². The zero-order valence-corrected chi connectivity index (χ0v) is 14.7. The number of thiazole rings is 1. The molecule has 3 rings (SSSR count). The number of carbonyl (C=O) groups excluding carboxylic acids is 1. The lowest BCUT2D eigenvalue weighted by atomic mass is 10.0. The topological polar surface area (TPSA) is 72.8 Å². The SMILES string of the molecule is CNC(=O)/C(=N\OC)c1ccccc1COc1nc2ccccc2s1. The highest BCUT2D eigenvalue weighted by atomic mass is 32.1. The van der Waals surface area contributed by atoms with Crippen molar-refractivity contribution in [1.29, 1.82) is 0 Å². The van der Waals surface area contributed by atoms with E-state index < -0.39 is 0 Å². The summed E-state index contributed by atoms with van der Waals surface area (Å²) < 4.78 is 6.91. The Bertz CT molecular complexity index is 888. The molecule has 1 amide bonds. The standard InChI is InChI=1S/C18H17N3O3S/c1-19-17(22)16(21-23-2)13-8-4-3-7-12(13)11-24-18-20-14-9-5-6-10-15(14)25-18/h3-10H,11H2,1-2H3,(H,19,22)/b21-16-. The highest BCUT2D eigenvalue weighted by molar-refractivity contribution is 7.20. The van der Waals surface area contributed by atoms with Gasteiger partial charge in [0.15, 0.2) is 5.71 Å². The van der Waals surface area contributed by atoms with Gasteiger partial charge in [-0.3, -0.25) is 4.79 Å². The van der Waals surface area contributed by atoms with Crippen molar-refractivity contribution in [3.63, 3.8) is 0 Å². The number of fused-ring (bicyclic) bond motifs is 1. The lowest BCUT2D eigenvalue weighted by Crippen LogP contribution is -2.29. The molecule has 3 aromatic rings. The van der Waals surface area contributed by atoms with E-state index in [4.69, 9.17) is 9.57 Å². The molecule has 2 aromatic carbocycles. The summed E-state index contributed by atoms with van der Waals surface area (Å²) in [5.41, 5.74) is 2.59. The second-order valence-corrected chi connectivity index (χ2v) is 6.09. The number of nitrogens with zero attached hydrogens (tertiary/aromatic N) is 2. The number of rotatable bonds is 6. The van der Waals surface area contributed by atoms with Gasteiger partial charge in [0.25, 0.3) is 11.1 Å². The Labute approximate surface area is 149 Å². The Kier molecular flexibility index (Phi) is 5.25. The summed E-state index contributed by atoms with van der Waals surface area (Å²) in [6, 6.07) is 15.3. The van der Waals surface area contributed by atoms with Crippen LogP contribution in [0, 0.1) is 0 Å². The molecule has 6 nitrogen and oxygen atoms in total. The van der Waals surface area contributed by atoms with E-state index in [1.54, 1.807) is 7.05 Å². The summed E-state index contributed by atoms with van der Waals surface area (Å²) in [6.07, 6.45) is 0. The molecule has 25 heavy (non-hydrogen) atoms. The first-order valence-corrected chi connectivity index (χ1v) is 8.44. The van der Waals surface area contributed by atoms with E-state index in [-0.39, 0.29) is 18.2 Å². The van der Waals surface area contributed by atoms with Crippen LogP contribution in [-0.4, -0.2) is 30.8 Å². The van der Waals surface area contributed by atoms with Crippen LogP contribution < -0.4 is 10.1 Å². The van der Waals surface area contributed by atoms with Crippen molar-refractivity contribution in [2.75, 3.05) is 14.2 Å². The summed E-state index contributed by atoms with van der Waals surface area (Å²) in [6.45, 7) is 0.274. The molecular formula is C18H17N3O3S. The summed E-state index contributed by atoms with van der Waals surface area (Å²) >= 11 is 1.48. The molecule has 0 aliphatic carbocycles. The maximum atomic E-state index is 12.1. The van der Waals surface area contributed by atoms with Gasteiger partial charge in [0.2, 0.25) is 0 Å². The largest absolute Gasteiger partial charge is 0.465 e. The average Bonchev–Trinajstić information content (AvgIpc) is 3.07. The quantitative estimate of drug-likeness (QED) is 0.545. The van der Waals surface area contributed by atoms with E-state index in [0.717, 1.165) is 15.8 Å². The lowest BCUT2D eigenvalue weighted by Gasteiger charge is -2.10. The Morgan fingerprint density at radius 3 is 2.72 bits per heavy atom. The number of hydrogen-bond donors (Lipinski definition) is 1. The number of hydrogen-bond acceptors (Lipinski definition) is 6. The van der Waals surface area contributed by atoms with Crippen molar-refractivity contribution in [1.82, 2.24) is 10.3 Å². The number of likely N-dealkylation sites (N-methyl/N-ethyl adjacent to an activating group) is 1. The molecule has 0 saturated heterocycles. The van der Waals surface area contributed by atoms with Gasteiger partial charge in [-0.2, -0.15) is 0 Å². The summed E-state index contributed by atoms with van der Waals surface area (Å²) in [7, 11) is 2.96. The predicted octanol–water partition coefficient (Wildman–Crippen LogP) is 2.97. The Balaban J connectivity index is 1.85. The molecule has 0 aliphatic rings. The first-order valence-electron chi connectivity index (χ1n) is 7.63. The number of nitrogens with one attached hydrogen (secondary N) is 1. The van der Waals surface area contributed by atoms with Crippen molar-refractivity contribution < 1.29 is 14.4 Å². The zero-order chi connectivity index (χ0) is 17.6. The number of carbonyl (C=O) groups is 1. The number of para-hydroxylation sites is 1. The third-order valence-electron chi connectivity index (χ3n) is 3.52. The molecule has 1 heterocycles. The monoisotopic (exact) mass is 355 g/mol. The van der Waals surface area contributed by atoms with Gasteiger partial charge in [0, 0.05) is 12.6 Å². The van der Waals surface area contributed by atoms with E-state index in [1.165, 1.54) is 18.4 Å². The van der Waals surface area contributed by atoms with Crippen LogP contribution in [0.3, 0.4) is 0 Å². The fourth-order valence-corrected chi connectivity index (χ4v) is 3.17. The van der Waals surface area contributed by atoms with Gasteiger partial charge in [-0.05, 0) is 17.7 Å². The maximum absolute atomic E-state index is 12.1. The van der Waals surface area contributed by atoms with Crippen molar-refractivity contribution in [2.24, 2.45) is 5.16 Å². The second-order valence-electron chi connectivity index (χ2n) is 5.09. The lowest BCUT2D eigenvalue weighted by molar-refractivity contribution is -0.114. The molecule has 0 radical (unpaired) electrons. The van der Waals surface area contributed by atoms with Gasteiger partial charge >= 0.3 is 0 Å². The minimum atomic E-state index is -0.325. The fourth-order valence-electron chi connectivity index (χ4n) is 2.35. The highest BCUT2D eigenvalue weighted by Gasteiger charge is 2.17. The molecule has 0 bridgehead atoms. The minimum Gasteiger partial charge on any atom is -0.465 e. The predicted molar refractivity (Wildman–Crippen MR) is 98.0 cm³/mol. The smallest absolute Gasteiger partial charge is 0.274 e. The number of ether oxygens (including phenoxy) is 1. The molecule has 0 aliphatic heterocycles. The van der Waals surface area contributed by atoms with E-state index in [9.17, 15) is 4.79 Å². The molecule has 0 fully saturated rings. The Hall–Kier alpha value is -2.93. The van der Waals surface area contributed by atoms with Crippen LogP contribution in [0.1, 0.15) is 11.1 Å². The number of oxime groups is 1. The molecule has 1 aromatic heterocycles. The van der Waals surface area contributed by atoms with Gasteiger partial charge in [-0.25, -0.2) is 4.98 Å². The number of benzene rings is 2. The van der Waals surface area contributed by atoms with Gasteiger partial charge in [-0.1, -0.05) is 52.9 Å². The third kappa shape index (κ3) is 3.77. The van der Waals surface area contributed by atoms with E-state index in [0.29, 0.717) is 10.8 Å². The number of amides is 1. The fraction of sp³-hybridized carbons (Fsp3) is 0.167. The summed E-state index contributed by atoms with van der Waals surface area (Å²) in [5, 5.41) is 7.00. The normalized spacial score (nSPS) is 11.4. The van der Waals surface area contributed by atoms with Crippen molar-refractivity contribution in [3.05, 3.63) is 59.7 Å². The average molecular weight is 355 g/mol. The van der Waals surface area contributed by atoms with Gasteiger partial charge in [0.1, 0.15) is 13.7 Å². The van der Waals surface area contributed by atoms with Gasteiger partial charge < -0.3 is 14.9 Å². The Morgan fingerprint density at radius 1 is 1.20 bits per heavy atom. The van der Waals surface area contributed by atoms with Crippen LogP contribution in [0.2, 0.25) is 0 Å². The summed E-state index contributed by atoms with van der Waals surface area (Å²) in [5.74, 6) is -0.325. The second kappa shape index (κ2) is 7.76. The summed E-state index contributed by atoms with van der Waals surface area (Å²) in [4.78, 5) is 21.3. The Morgan fingerprint density at radius 2 is 1.96 bits per heavy atom. The third-order valence-corrected chi connectivity index (χ3v) is 4.47. The van der Waals surface area contributed by atoms with Crippen LogP contribution in [-0.2, 0) is 16.2 Å². The molecule has 1 N–H and O–H groups in total. The van der Waals surface area contributed by atoms with Crippen LogP contribution in [0.15, 0.2) is 53.7 Å². The maximum Gasteiger partial charge on any atom is 0.274 e. The molecular weight excluding hydrogens is 338 g/mol. The molecule has 0 unspecified atom stereocenters. The van der Waals surface area contributed by atoms with E-state index >= 15 is 0 Å². The molecule has 128 valence electrons. The van der Waals surface area contributed by atoms with Crippen molar-refractivity contribution in [3.8, 4) is 5.19 Å². The molecule has 0 spiro atoms. The zero-order valence-electron chi connectivity index (χ0n) is 13.9. The first kappa shape index (κ1) is 16.9. The van der Waals surface area contributed by atoms with E-state index in [1.807, 2.05) is 48.5 Å². The van der Waals surface area contributed by atoms with Gasteiger partial charge in [0.05, 0.1) is 10.2 Å². The minimum absolute atomic E-state index is 0.202. The molecule has 7 heteroatoms. The van der Waals surface area contributed by atoms with Crippen LogP contribution in [0.4, 0.5) is 0 Å². The van der Waals surface area contributed by atoms with Crippen LogP contribution in [0.25, 0.3) is 10.2 Å². The molecule has 0 atom stereocenters. The van der Waals surface area contributed by atoms with Crippen LogP contribution >= 0.6 is 11.3 Å². The van der Waals surface area contributed by atoms with Crippen molar-refractivity contribution in [2.45, 2.75) is 6.61 Å². The van der Waals surface area contributed by atoms with Crippen LogP contribution in [0.5, 0.6) is 5.19 Å². The highest BCUT2D eigenvalue weighted by Crippen LogP contribution is 2.28. The van der Waals surface area contributed by atoms with Gasteiger partial charge in [-0.15, -0.1) is 0 Å².